The average molecular weight is 229 g/mol. The molecule has 4 nitrogen and oxygen atoms in total. The molecule has 1 aliphatic carbocycles. The van der Waals surface area contributed by atoms with Crippen LogP contribution in [0.3, 0.4) is 0 Å². The van der Waals surface area contributed by atoms with Crippen molar-refractivity contribution >= 4 is 5.97 Å². The molecule has 0 amide bonds. The fourth-order valence-electron chi connectivity index (χ4n) is 2.53. The Balaban J connectivity index is 2.26. The van der Waals surface area contributed by atoms with Gasteiger partial charge in [0.15, 0.2) is 0 Å². The molecular formula is C12H23NO3. The molecule has 1 aliphatic rings. The molecule has 0 radical (unpaired) electrons. The first kappa shape index (κ1) is 13.5. The number of rotatable bonds is 6. The Kier molecular flexibility index (Phi) is 5.77. The third-order valence-electron chi connectivity index (χ3n) is 3.46. The summed E-state index contributed by atoms with van der Waals surface area (Å²) in [6.07, 6.45) is 5.17. The van der Waals surface area contributed by atoms with Crippen molar-refractivity contribution in [2.24, 2.45) is 5.92 Å². The summed E-state index contributed by atoms with van der Waals surface area (Å²) in [7, 11) is 0. The Hall–Kier alpha value is -0.610. The highest BCUT2D eigenvalue weighted by molar-refractivity contribution is 5.67. The van der Waals surface area contributed by atoms with Crippen LogP contribution >= 0.6 is 0 Å². The van der Waals surface area contributed by atoms with Gasteiger partial charge in [-0.25, -0.2) is 0 Å². The Bertz CT molecular complexity index is 220. The third-order valence-corrected chi connectivity index (χ3v) is 3.46. The van der Waals surface area contributed by atoms with Crippen LogP contribution in [0.2, 0.25) is 0 Å². The predicted octanol–water partition coefficient (Wildman–Crippen LogP) is 1.38. The van der Waals surface area contributed by atoms with Crippen LogP contribution < -0.4 is 5.32 Å². The number of hydrogen-bond acceptors (Lipinski definition) is 3. The van der Waals surface area contributed by atoms with Crippen LogP contribution in [0.4, 0.5) is 0 Å². The molecule has 0 heterocycles. The van der Waals surface area contributed by atoms with Gasteiger partial charge in [0, 0.05) is 12.6 Å². The highest BCUT2D eigenvalue weighted by atomic mass is 16.4. The zero-order chi connectivity index (χ0) is 12.0. The van der Waals surface area contributed by atoms with Crippen LogP contribution in [0.1, 0.15) is 45.4 Å². The molecule has 0 aromatic carbocycles. The van der Waals surface area contributed by atoms with E-state index in [4.69, 9.17) is 5.11 Å². The smallest absolute Gasteiger partial charge is 0.306 e. The topological polar surface area (TPSA) is 69.6 Å². The molecule has 3 N–H and O–H groups in total. The first-order chi connectivity index (χ1) is 7.63. The van der Waals surface area contributed by atoms with Gasteiger partial charge in [-0.15, -0.1) is 0 Å². The SMILES string of the molecule is CCC1CCCCC1NCC(O)CC(=O)O. The Morgan fingerprint density at radius 2 is 2.12 bits per heavy atom. The zero-order valence-corrected chi connectivity index (χ0v) is 9.98. The Morgan fingerprint density at radius 3 is 2.75 bits per heavy atom. The van der Waals surface area contributed by atoms with E-state index in [-0.39, 0.29) is 6.42 Å². The van der Waals surface area contributed by atoms with Crippen molar-refractivity contribution in [2.75, 3.05) is 6.54 Å². The number of aliphatic carboxylic acids is 1. The lowest BCUT2D eigenvalue weighted by Gasteiger charge is -2.32. The van der Waals surface area contributed by atoms with Crippen molar-refractivity contribution in [1.82, 2.24) is 5.32 Å². The second kappa shape index (κ2) is 6.86. The number of hydrogen-bond donors (Lipinski definition) is 3. The van der Waals surface area contributed by atoms with Gasteiger partial charge in [-0.2, -0.15) is 0 Å². The van der Waals surface area contributed by atoms with Gasteiger partial charge in [0.1, 0.15) is 0 Å². The van der Waals surface area contributed by atoms with Gasteiger partial charge in [0.2, 0.25) is 0 Å². The van der Waals surface area contributed by atoms with Gasteiger partial charge >= 0.3 is 5.97 Å². The first-order valence-corrected chi connectivity index (χ1v) is 6.26. The Labute approximate surface area is 97.0 Å². The van der Waals surface area contributed by atoms with Gasteiger partial charge in [-0.3, -0.25) is 4.79 Å². The number of carboxylic acid groups (broad SMARTS) is 1. The van der Waals surface area contributed by atoms with Gasteiger partial charge < -0.3 is 15.5 Å². The fourth-order valence-corrected chi connectivity index (χ4v) is 2.53. The van der Waals surface area contributed by atoms with E-state index < -0.39 is 12.1 Å². The van der Waals surface area contributed by atoms with E-state index >= 15 is 0 Å². The molecular weight excluding hydrogens is 206 g/mol. The summed E-state index contributed by atoms with van der Waals surface area (Å²) in [5.74, 6) is -0.254. The molecule has 1 fully saturated rings. The van der Waals surface area contributed by atoms with Crippen molar-refractivity contribution in [2.45, 2.75) is 57.6 Å². The normalized spacial score (nSPS) is 27.6. The van der Waals surface area contributed by atoms with E-state index in [0.717, 1.165) is 12.8 Å². The molecule has 1 rings (SSSR count). The summed E-state index contributed by atoms with van der Waals surface area (Å²) in [6.45, 7) is 2.59. The van der Waals surface area contributed by atoms with Crippen LogP contribution in [0.25, 0.3) is 0 Å². The quantitative estimate of drug-likeness (QED) is 0.643. The number of nitrogens with one attached hydrogen (secondary N) is 1. The molecule has 94 valence electrons. The van der Waals surface area contributed by atoms with Crippen molar-refractivity contribution in [1.29, 1.82) is 0 Å². The Morgan fingerprint density at radius 1 is 1.44 bits per heavy atom. The molecule has 16 heavy (non-hydrogen) atoms. The molecule has 1 saturated carbocycles. The minimum absolute atomic E-state index is 0.170. The summed E-state index contributed by atoms with van der Waals surface area (Å²) in [5, 5.41) is 21.3. The molecule has 0 aromatic rings. The monoisotopic (exact) mass is 229 g/mol. The first-order valence-electron chi connectivity index (χ1n) is 6.26. The minimum atomic E-state index is -0.940. The number of carboxylic acids is 1. The lowest BCUT2D eigenvalue weighted by Crippen LogP contribution is -2.42. The van der Waals surface area contributed by atoms with E-state index in [1.165, 1.54) is 19.3 Å². The van der Waals surface area contributed by atoms with E-state index in [1.54, 1.807) is 0 Å². The van der Waals surface area contributed by atoms with Crippen molar-refractivity contribution in [3.8, 4) is 0 Å². The standard InChI is InChI=1S/C12H23NO3/c1-2-9-5-3-4-6-11(9)13-8-10(14)7-12(15)16/h9-11,13-14H,2-8H2,1H3,(H,15,16). The molecule has 0 aromatic heterocycles. The number of carbonyl (C=O) groups is 1. The third kappa shape index (κ3) is 4.49. The summed E-state index contributed by atoms with van der Waals surface area (Å²) < 4.78 is 0. The highest BCUT2D eigenvalue weighted by Gasteiger charge is 2.23. The fraction of sp³-hybridized carbons (Fsp3) is 0.917. The van der Waals surface area contributed by atoms with E-state index in [0.29, 0.717) is 18.5 Å². The maximum Gasteiger partial charge on any atom is 0.306 e. The van der Waals surface area contributed by atoms with E-state index in [2.05, 4.69) is 12.2 Å². The van der Waals surface area contributed by atoms with E-state index in [1.807, 2.05) is 0 Å². The summed E-state index contributed by atoms with van der Waals surface area (Å²) in [4.78, 5) is 10.4. The molecule has 3 unspecified atom stereocenters. The van der Waals surface area contributed by atoms with Crippen LogP contribution in [-0.4, -0.2) is 34.9 Å². The van der Waals surface area contributed by atoms with Crippen LogP contribution in [0.5, 0.6) is 0 Å². The molecule has 4 heteroatoms. The molecule has 3 atom stereocenters. The van der Waals surface area contributed by atoms with Crippen LogP contribution in [0, 0.1) is 5.92 Å². The molecule has 0 aliphatic heterocycles. The molecule has 0 bridgehead atoms. The highest BCUT2D eigenvalue weighted by Crippen LogP contribution is 2.26. The van der Waals surface area contributed by atoms with E-state index in [9.17, 15) is 9.90 Å². The second-order valence-corrected chi connectivity index (χ2v) is 4.72. The van der Waals surface area contributed by atoms with Gasteiger partial charge in [-0.1, -0.05) is 26.2 Å². The predicted molar refractivity (Wildman–Crippen MR) is 62.3 cm³/mol. The molecule has 0 spiro atoms. The van der Waals surface area contributed by atoms with Gasteiger partial charge in [0.05, 0.1) is 12.5 Å². The summed E-state index contributed by atoms with van der Waals surface area (Å²) >= 11 is 0. The average Bonchev–Trinajstić information content (AvgIpc) is 2.26. The number of aliphatic hydroxyl groups excluding tert-OH is 1. The maximum atomic E-state index is 10.4. The lowest BCUT2D eigenvalue weighted by molar-refractivity contribution is -0.139. The maximum absolute atomic E-state index is 10.4. The lowest BCUT2D eigenvalue weighted by atomic mass is 9.83. The van der Waals surface area contributed by atoms with Crippen molar-refractivity contribution in [3.63, 3.8) is 0 Å². The molecule has 0 saturated heterocycles. The van der Waals surface area contributed by atoms with Gasteiger partial charge in [0.25, 0.3) is 0 Å². The summed E-state index contributed by atoms with van der Waals surface area (Å²) in [6, 6.07) is 0.460. The summed E-state index contributed by atoms with van der Waals surface area (Å²) in [5.41, 5.74) is 0. The number of aliphatic hydroxyl groups is 1. The van der Waals surface area contributed by atoms with Crippen molar-refractivity contribution < 1.29 is 15.0 Å². The zero-order valence-electron chi connectivity index (χ0n) is 9.98. The minimum Gasteiger partial charge on any atom is -0.481 e. The van der Waals surface area contributed by atoms with Gasteiger partial charge in [-0.05, 0) is 18.8 Å². The van der Waals surface area contributed by atoms with Crippen molar-refractivity contribution in [3.05, 3.63) is 0 Å². The second-order valence-electron chi connectivity index (χ2n) is 4.72. The van der Waals surface area contributed by atoms with Crippen LogP contribution in [0.15, 0.2) is 0 Å². The largest absolute Gasteiger partial charge is 0.481 e. The van der Waals surface area contributed by atoms with Crippen LogP contribution in [-0.2, 0) is 4.79 Å².